The van der Waals surface area contributed by atoms with Crippen LogP contribution in [0.25, 0.3) is 0 Å². The summed E-state index contributed by atoms with van der Waals surface area (Å²) in [7, 11) is 0. The Morgan fingerprint density at radius 3 is 1.42 bits per heavy atom. The molecule has 5 N–H and O–H groups in total. The second-order valence-corrected chi connectivity index (χ2v) is 12.9. The minimum absolute atomic E-state index is 0.00958. The topological polar surface area (TPSA) is 200 Å². The molecule has 1 fully saturated rings. The van der Waals surface area contributed by atoms with Gasteiger partial charge in [0.1, 0.15) is 6.04 Å². The zero-order valence-corrected chi connectivity index (χ0v) is 26.2. The molecule has 1 aliphatic heterocycles. The first kappa shape index (κ1) is 38.2. The van der Waals surface area contributed by atoms with Crippen molar-refractivity contribution in [2.45, 2.75) is 59.0 Å². The van der Waals surface area contributed by atoms with E-state index >= 15 is 0 Å². The first-order valence-electron chi connectivity index (χ1n) is 14.5. The minimum Gasteiger partial charge on any atom is -0.480 e. The molecule has 0 radical (unpaired) electrons. The summed E-state index contributed by atoms with van der Waals surface area (Å²) < 4.78 is 5.75. The Bertz CT molecular complexity index is 907. The number of nitrogens with zero attached hydrogens (tertiary/aromatic N) is 4. The number of rotatable bonds is 15. The number of aliphatic carboxylic acids is 4. The molecule has 1 unspecified atom stereocenters. The highest BCUT2D eigenvalue weighted by Crippen LogP contribution is 2.15. The average molecular weight is 618 g/mol. The Morgan fingerprint density at radius 2 is 1.07 bits per heavy atom. The Hall–Kier alpha value is -2.85. The lowest BCUT2D eigenvalue weighted by Gasteiger charge is -2.35. The highest BCUT2D eigenvalue weighted by atomic mass is 16.5. The number of carboxylic acid groups (broad SMARTS) is 4. The number of hydrogen-bond acceptors (Lipinski definition) is 10. The van der Waals surface area contributed by atoms with Gasteiger partial charge in [-0.3, -0.25) is 43.6 Å². The summed E-state index contributed by atoms with van der Waals surface area (Å²) in [6.07, 6.45) is -0.0810. The standard InChI is InChI=1S/C28H51N5O10/c1-27(2,3)19-43-20-28(4,5)29-22(34)7-6-21(26(41)42)33-14-12-31(17-24(37)38)10-8-30(16-23(35)36)9-11-32(13-15-33)18-25(39)40/h21H,6-20H2,1-5H3,(H,29,34)(H,35,36)(H,37,38)(H,39,40)(H,41,42). The summed E-state index contributed by atoms with van der Waals surface area (Å²) in [6, 6.07) is -1.07. The summed E-state index contributed by atoms with van der Waals surface area (Å²) in [4.78, 5) is 66.1. The molecule has 1 rings (SSSR count). The molecule has 43 heavy (non-hydrogen) atoms. The monoisotopic (exact) mass is 617 g/mol. The quantitative estimate of drug-likeness (QED) is 0.160. The third-order valence-corrected chi connectivity index (χ3v) is 6.79. The van der Waals surface area contributed by atoms with E-state index in [1.807, 2.05) is 34.6 Å². The van der Waals surface area contributed by atoms with Crippen LogP contribution in [0.4, 0.5) is 0 Å². The molecule has 1 heterocycles. The predicted molar refractivity (Wildman–Crippen MR) is 157 cm³/mol. The Morgan fingerprint density at radius 1 is 0.674 bits per heavy atom. The van der Waals surface area contributed by atoms with E-state index < -0.39 is 35.5 Å². The molecule has 1 aliphatic rings. The minimum atomic E-state index is -1.14. The second-order valence-electron chi connectivity index (χ2n) is 12.9. The number of hydrogen-bond donors (Lipinski definition) is 5. The first-order chi connectivity index (χ1) is 19.9. The Balaban J connectivity index is 3.04. The van der Waals surface area contributed by atoms with Gasteiger partial charge < -0.3 is 30.5 Å². The fourth-order valence-corrected chi connectivity index (χ4v) is 4.73. The summed E-state index contributed by atoms with van der Waals surface area (Å²) in [5.74, 6) is -4.67. The number of carbonyl (C=O) groups is 5. The van der Waals surface area contributed by atoms with Gasteiger partial charge in [-0.2, -0.15) is 0 Å². The van der Waals surface area contributed by atoms with Crippen LogP contribution < -0.4 is 5.32 Å². The van der Waals surface area contributed by atoms with Crippen molar-refractivity contribution in [2.24, 2.45) is 5.41 Å². The maximum absolute atomic E-state index is 12.8. The lowest BCUT2D eigenvalue weighted by Crippen LogP contribution is -2.52. The van der Waals surface area contributed by atoms with Gasteiger partial charge in [-0.05, 0) is 25.7 Å². The van der Waals surface area contributed by atoms with Crippen LogP contribution in [-0.4, -0.2) is 167 Å². The van der Waals surface area contributed by atoms with Gasteiger partial charge in [0.05, 0.1) is 38.4 Å². The van der Waals surface area contributed by atoms with E-state index in [2.05, 4.69) is 5.32 Å². The zero-order valence-electron chi connectivity index (χ0n) is 26.2. The van der Waals surface area contributed by atoms with Crippen molar-refractivity contribution in [3.63, 3.8) is 0 Å². The van der Waals surface area contributed by atoms with Crippen molar-refractivity contribution in [3.05, 3.63) is 0 Å². The van der Waals surface area contributed by atoms with Crippen LogP contribution in [0.5, 0.6) is 0 Å². The van der Waals surface area contributed by atoms with Gasteiger partial charge in [-0.25, -0.2) is 0 Å². The van der Waals surface area contributed by atoms with Crippen molar-refractivity contribution in [1.29, 1.82) is 0 Å². The van der Waals surface area contributed by atoms with Crippen molar-refractivity contribution >= 4 is 29.8 Å². The second kappa shape index (κ2) is 18.1. The molecule has 1 amide bonds. The van der Waals surface area contributed by atoms with Gasteiger partial charge >= 0.3 is 23.9 Å². The van der Waals surface area contributed by atoms with Gasteiger partial charge in [0.2, 0.25) is 5.91 Å². The zero-order chi connectivity index (χ0) is 32.8. The molecule has 15 nitrogen and oxygen atoms in total. The molecule has 248 valence electrons. The molecule has 1 atom stereocenters. The first-order valence-corrected chi connectivity index (χ1v) is 14.5. The molecule has 0 aromatic carbocycles. The van der Waals surface area contributed by atoms with E-state index in [-0.39, 0.29) is 103 Å². The number of nitrogens with one attached hydrogen (secondary N) is 1. The van der Waals surface area contributed by atoms with Gasteiger partial charge in [-0.1, -0.05) is 20.8 Å². The summed E-state index contributed by atoms with van der Waals surface area (Å²) >= 11 is 0. The Labute approximate surface area is 253 Å². The smallest absolute Gasteiger partial charge is 0.320 e. The maximum atomic E-state index is 12.8. The highest BCUT2D eigenvalue weighted by Gasteiger charge is 2.30. The predicted octanol–water partition coefficient (Wildman–Crippen LogP) is -0.347. The van der Waals surface area contributed by atoms with E-state index in [0.29, 0.717) is 6.61 Å². The van der Waals surface area contributed by atoms with Crippen LogP contribution in [0.15, 0.2) is 0 Å². The molecule has 15 heteroatoms. The summed E-state index contributed by atoms with van der Waals surface area (Å²) in [5.41, 5.74) is -0.702. The molecule has 1 saturated heterocycles. The van der Waals surface area contributed by atoms with Crippen molar-refractivity contribution in [1.82, 2.24) is 24.9 Å². The van der Waals surface area contributed by atoms with E-state index in [4.69, 9.17) is 4.74 Å². The fourth-order valence-electron chi connectivity index (χ4n) is 4.73. The van der Waals surface area contributed by atoms with Gasteiger partial charge in [-0.15, -0.1) is 0 Å². The van der Waals surface area contributed by atoms with E-state index in [0.717, 1.165) is 0 Å². The highest BCUT2D eigenvalue weighted by molar-refractivity contribution is 5.79. The van der Waals surface area contributed by atoms with Crippen molar-refractivity contribution < 1.29 is 49.1 Å². The molecular weight excluding hydrogens is 566 g/mol. The van der Waals surface area contributed by atoms with Crippen LogP contribution in [-0.2, 0) is 28.7 Å². The molecule has 0 aliphatic carbocycles. The van der Waals surface area contributed by atoms with Crippen LogP contribution in [0.1, 0.15) is 47.5 Å². The normalized spacial score (nSPS) is 18.3. The largest absolute Gasteiger partial charge is 0.480 e. The average Bonchev–Trinajstić information content (AvgIpc) is 2.82. The fraction of sp³-hybridized carbons (Fsp3) is 0.821. The van der Waals surface area contributed by atoms with Gasteiger partial charge in [0, 0.05) is 58.8 Å². The molecule has 0 aromatic rings. The number of amides is 1. The van der Waals surface area contributed by atoms with Crippen molar-refractivity contribution in [3.8, 4) is 0 Å². The van der Waals surface area contributed by atoms with Crippen molar-refractivity contribution in [2.75, 3.05) is 85.2 Å². The lowest BCUT2D eigenvalue weighted by molar-refractivity contribution is -0.145. The van der Waals surface area contributed by atoms with E-state index in [1.54, 1.807) is 19.6 Å². The number of ether oxygens (including phenoxy) is 1. The van der Waals surface area contributed by atoms with Crippen LogP contribution >= 0.6 is 0 Å². The molecule has 0 saturated carbocycles. The number of carbonyl (C=O) groups excluding carboxylic acids is 1. The van der Waals surface area contributed by atoms with Crippen LogP contribution in [0.2, 0.25) is 0 Å². The summed E-state index contributed by atoms with van der Waals surface area (Å²) in [6.45, 7) is 11.2. The number of carboxylic acids is 4. The SMILES string of the molecule is CC(C)(C)COCC(C)(C)NC(=O)CCC(C(=O)O)N1CCN(CC(=O)O)CCN(CC(=O)O)CCN(CC(=O)O)CC1. The third-order valence-electron chi connectivity index (χ3n) is 6.79. The van der Waals surface area contributed by atoms with Crippen LogP contribution in [0, 0.1) is 5.41 Å². The van der Waals surface area contributed by atoms with Gasteiger partial charge in [0.15, 0.2) is 0 Å². The molecule has 0 bridgehead atoms. The molecule has 0 aromatic heterocycles. The van der Waals surface area contributed by atoms with E-state index in [9.17, 15) is 44.4 Å². The molecular formula is C28H51N5O10. The van der Waals surface area contributed by atoms with E-state index in [1.165, 1.54) is 0 Å². The molecule has 0 spiro atoms. The van der Waals surface area contributed by atoms with Crippen LogP contribution in [0.3, 0.4) is 0 Å². The maximum Gasteiger partial charge on any atom is 0.320 e. The van der Waals surface area contributed by atoms with Gasteiger partial charge in [0.25, 0.3) is 0 Å². The Kier molecular flexibility index (Phi) is 16.0. The lowest BCUT2D eigenvalue weighted by atomic mass is 9.98. The third kappa shape index (κ3) is 17.8. The summed E-state index contributed by atoms with van der Waals surface area (Å²) in [5, 5.41) is 41.1.